The number of nitrogens with zero attached hydrogens (tertiary/aromatic N) is 1. The van der Waals surface area contributed by atoms with Crippen LogP contribution in [0.5, 0.6) is 5.75 Å². The molecule has 10 heteroatoms. The van der Waals surface area contributed by atoms with Crippen molar-refractivity contribution in [2.75, 3.05) is 0 Å². The molecule has 132 valence electrons. The third kappa shape index (κ3) is 3.28. The minimum absolute atomic E-state index is 0.0184. The van der Waals surface area contributed by atoms with E-state index in [4.69, 9.17) is 11.6 Å². The molecular formula is C16H11ClN4O5. The summed E-state index contributed by atoms with van der Waals surface area (Å²) in [6, 6.07) is 9.73. The number of nitro groups is 1. The molecule has 0 aliphatic rings. The molecule has 0 aliphatic heterocycles. The summed E-state index contributed by atoms with van der Waals surface area (Å²) in [5.41, 5.74) is 4.22. The number of nitro benzene ring substituents is 1. The molecular weight excluding hydrogens is 364 g/mol. The Morgan fingerprint density at radius 1 is 1.12 bits per heavy atom. The normalized spacial score (nSPS) is 10.5. The Balaban J connectivity index is 1.77. The summed E-state index contributed by atoms with van der Waals surface area (Å²) in [5, 5.41) is 21.4. The van der Waals surface area contributed by atoms with Crippen molar-refractivity contribution >= 4 is 40.0 Å². The van der Waals surface area contributed by atoms with Crippen molar-refractivity contribution in [1.82, 2.24) is 15.8 Å². The molecule has 1 aromatic heterocycles. The SMILES string of the molecule is O=C(NNC(=O)c1cc(Cl)ccc1O)c1cc2cccc([N+](=O)[O-])c2[nH]1. The van der Waals surface area contributed by atoms with E-state index in [9.17, 15) is 24.8 Å². The van der Waals surface area contributed by atoms with Crippen LogP contribution in [0.2, 0.25) is 5.02 Å². The number of fused-ring (bicyclic) bond motifs is 1. The second-order valence-corrected chi connectivity index (χ2v) is 5.69. The van der Waals surface area contributed by atoms with E-state index in [-0.39, 0.29) is 33.2 Å². The summed E-state index contributed by atoms with van der Waals surface area (Å²) < 4.78 is 0. The zero-order valence-corrected chi connectivity index (χ0v) is 13.7. The van der Waals surface area contributed by atoms with Gasteiger partial charge in [-0.15, -0.1) is 0 Å². The number of aromatic nitrogens is 1. The summed E-state index contributed by atoms with van der Waals surface area (Å²) in [6.07, 6.45) is 0. The Hall–Kier alpha value is -3.59. The van der Waals surface area contributed by atoms with Crippen LogP contribution in [0.15, 0.2) is 42.5 Å². The Kier molecular flexibility index (Phi) is 4.46. The number of carbonyl (C=O) groups excluding carboxylic acids is 2. The van der Waals surface area contributed by atoms with Crippen LogP contribution in [0.4, 0.5) is 5.69 Å². The van der Waals surface area contributed by atoms with Crippen LogP contribution in [-0.4, -0.2) is 26.8 Å². The molecule has 0 radical (unpaired) electrons. The maximum absolute atomic E-state index is 12.2. The lowest BCUT2D eigenvalue weighted by molar-refractivity contribution is -0.383. The van der Waals surface area contributed by atoms with Crippen LogP contribution >= 0.6 is 11.6 Å². The van der Waals surface area contributed by atoms with Crippen LogP contribution in [0.25, 0.3) is 10.9 Å². The molecule has 26 heavy (non-hydrogen) atoms. The van der Waals surface area contributed by atoms with Crippen LogP contribution in [0.1, 0.15) is 20.8 Å². The summed E-state index contributed by atoms with van der Waals surface area (Å²) in [7, 11) is 0. The number of aromatic amines is 1. The standard InChI is InChI=1S/C16H11ClN4O5/c17-9-4-5-13(22)10(7-9)15(23)19-20-16(24)11-6-8-2-1-3-12(21(25)26)14(8)18-11/h1-7,18,22H,(H,19,23)(H,20,24). The van der Waals surface area contributed by atoms with E-state index >= 15 is 0 Å². The first-order valence-electron chi connectivity index (χ1n) is 7.22. The number of H-pyrrole nitrogens is 1. The molecule has 0 spiro atoms. The number of phenols is 1. The number of halogens is 1. The van der Waals surface area contributed by atoms with Gasteiger partial charge in [0.05, 0.1) is 10.5 Å². The average Bonchev–Trinajstić information content (AvgIpc) is 3.05. The highest BCUT2D eigenvalue weighted by Crippen LogP contribution is 2.25. The molecule has 0 atom stereocenters. The van der Waals surface area contributed by atoms with Gasteiger partial charge in [-0.25, -0.2) is 0 Å². The van der Waals surface area contributed by atoms with Crippen molar-refractivity contribution in [3.05, 3.63) is 68.9 Å². The Bertz CT molecular complexity index is 1050. The fourth-order valence-electron chi connectivity index (χ4n) is 2.35. The highest BCUT2D eigenvalue weighted by atomic mass is 35.5. The van der Waals surface area contributed by atoms with E-state index in [0.29, 0.717) is 5.39 Å². The van der Waals surface area contributed by atoms with Crippen molar-refractivity contribution in [2.45, 2.75) is 0 Å². The smallest absolute Gasteiger partial charge is 0.293 e. The Morgan fingerprint density at radius 3 is 2.58 bits per heavy atom. The van der Waals surface area contributed by atoms with E-state index in [0.717, 1.165) is 0 Å². The van der Waals surface area contributed by atoms with E-state index in [1.165, 1.54) is 36.4 Å². The van der Waals surface area contributed by atoms with Gasteiger partial charge in [-0.2, -0.15) is 0 Å². The minimum Gasteiger partial charge on any atom is -0.507 e. The minimum atomic E-state index is -0.777. The predicted molar refractivity (Wildman–Crippen MR) is 93.0 cm³/mol. The largest absolute Gasteiger partial charge is 0.507 e. The molecule has 4 N–H and O–H groups in total. The fraction of sp³-hybridized carbons (Fsp3) is 0. The molecule has 0 saturated carbocycles. The Morgan fingerprint density at radius 2 is 1.85 bits per heavy atom. The van der Waals surface area contributed by atoms with Gasteiger partial charge in [-0.05, 0) is 24.3 Å². The number of phenolic OH excluding ortho intramolecular Hbond substituents is 1. The molecule has 0 unspecified atom stereocenters. The van der Waals surface area contributed by atoms with Crippen molar-refractivity contribution in [3.63, 3.8) is 0 Å². The van der Waals surface area contributed by atoms with E-state index in [1.54, 1.807) is 6.07 Å². The van der Waals surface area contributed by atoms with Gasteiger partial charge in [0.25, 0.3) is 17.5 Å². The number of benzene rings is 2. The number of hydrazine groups is 1. The lowest BCUT2D eigenvalue weighted by Gasteiger charge is -2.08. The van der Waals surface area contributed by atoms with Gasteiger partial charge in [-0.1, -0.05) is 23.7 Å². The van der Waals surface area contributed by atoms with Crippen molar-refractivity contribution in [1.29, 1.82) is 0 Å². The third-order valence-electron chi connectivity index (χ3n) is 3.57. The summed E-state index contributed by atoms with van der Waals surface area (Å²) >= 11 is 5.77. The molecule has 2 aromatic carbocycles. The maximum atomic E-state index is 12.2. The van der Waals surface area contributed by atoms with E-state index in [1.807, 2.05) is 0 Å². The van der Waals surface area contributed by atoms with E-state index in [2.05, 4.69) is 15.8 Å². The number of para-hydroxylation sites is 1. The monoisotopic (exact) mass is 374 g/mol. The number of non-ortho nitro benzene ring substituents is 1. The lowest BCUT2D eigenvalue weighted by atomic mass is 10.2. The fourth-order valence-corrected chi connectivity index (χ4v) is 2.53. The number of hydrogen-bond acceptors (Lipinski definition) is 5. The molecule has 9 nitrogen and oxygen atoms in total. The number of aromatic hydroxyl groups is 1. The molecule has 3 aromatic rings. The first-order chi connectivity index (χ1) is 12.4. The second kappa shape index (κ2) is 6.73. The molecule has 3 rings (SSSR count). The van der Waals surface area contributed by atoms with Gasteiger partial charge in [0.1, 0.15) is 17.0 Å². The molecule has 2 amide bonds. The quantitative estimate of drug-likeness (QED) is 0.412. The molecule has 0 saturated heterocycles. The van der Waals surface area contributed by atoms with Crippen LogP contribution in [0.3, 0.4) is 0 Å². The second-order valence-electron chi connectivity index (χ2n) is 5.25. The van der Waals surface area contributed by atoms with Crippen LogP contribution in [0, 0.1) is 10.1 Å². The highest BCUT2D eigenvalue weighted by molar-refractivity contribution is 6.31. The van der Waals surface area contributed by atoms with Crippen molar-refractivity contribution < 1.29 is 19.6 Å². The Labute approximate surface area is 150 Å². The van der Waals surface area contributed by atoms with Crippen LogP contribution < -0.4 is 10.9 Å². The van der Waals surface area contributed by atoms with Gasteiger partial charge < -0.3 is 10.1 Å². The van der Waals surface area contributed by atoms with Crippen molar-refractivity contribution in [2.24, 2.45) is 0 Å². The molecule has 0 bridgehead atoms. The topological polar surface area (TPSA) is 137 Å². The molecule has 0 fully saturated rings. The number of carbonyl (C=O) groups is 2. The first kappa shape index (κ1) is 17.2. The third-order valence-corrected chi connectivity index (χ3v) is 3.80. The predicted octanol–water partition coefficient (Wildman–Crippen LogP) is 2.51. The van der Waals surface area contributed by atoms with E-state index < -0.39 is 16.7 Å². The lowest BCUT2D eigenvalue weighted by Crippen LogP contribution is -2.41. The summed E-state index contributed by atoms with van der Waals surface area (Å²) in [5.74, 6) is -1.80. The van der Waals surface area contributed by atoms with Gasteiger partial charge in [0.15, 0.2) is 0 Å². The number of nitrogens with one attached hydrogen (secondary N) is 3. The maximum Gasteiger partial charge on any atom is 0.293 e. The molecule has 1 heterocycles. The number of amides is 2. The van der Waals surface area contributed by atoms with Gasteiger partial charge in [0.2, 0.25) is 0 Å². The zero-order valence-electron chi connectivity index (χ0n) is 12.9. The zero-order chi connectivity index (χ0) is 18.8. The first-order valence-corrected chi connectivity index (χ1v) is 7.60. The summed E-state index contributed by atoms with van der Waals surface area (Å²) in [6.45, 7) is 0. The van der Waals surface area contributed by atoms with Crippen molar-refractivity contribution in [3.8, 4) is 5.75 Å². The van der Waals surface area contributed by atoms with Gasteiger partial charge in [-0.3, -0.25) is 30.6 Å². The number of rotatable bonds is 3. The van der Waals surface area contributed by atoms with Gasteiger partial charge in [0, 0.05) is 16.5 Å². The molecule has 0 aliphatic carbocycles. The van der Waals surface area contributed by atoms with Crippen LogP contribution in [-0.2, 0) is 0 Å². The highest BCUT2D eigenvalue weighted by Gasteiger charge is 2.18. The average molecular weight is 375 g/mol. The number of hydrogen-bond donors (Lipinski definition) is 4. The summed E-state index contributed by atoms with van der Waals surface area (Å²) in [4.78, 5) is 37.3. The van der Waals surface area contributed by atoms with Gasteiger partial charge >= 0.3 is 0 Å².